The number of carbonyl (C=O) groups excluding carboxylic acids is 1. The number of H-pyrrole nitrogens is 1. The second kappa shape index (κ2) is 4.93. The summed E-state index contributed by atoms with van der Waals surface area (Å²) in [5.41, 5.74) is 0.156. The van der Waals surface area contributed by atoms with Crippen molar-refractivity contribution in [3.8, 4) is 0 Å². The summed E-state index contributed by atoms with van der Waals surface area (Å²) in [5.74, 6) is -1.75. The van der Waals surface area contributed by atoms with Gasteiger partial charge in [-0.2, -0.15) is 0 Å². The number of benzene rings is 1. The number of carbonyl (C=O) groups is 2. The first-order chi connectivity index (χ1) is 9.00. The van der Waals surface area contributed by atoms with Gasteiger partial charge in [0, 0.05) is 24.1 Å². The standard InChI is InChI=1S/C13H12N2O4/c1-15(7-11(16)17)13(19)9-6-14-10-5-3-2-4-8(10)12(9)18/h2-6H,7H2,1H3,(H,14,18)(H,16,17). The monoisotopic (exact) mass is 260 g/mol. The van der Waals surface area contributed by atoms with Crippen LogP contribution in [0.2, 0.25) is 0 Å². The highest BCUT2D eigenvalue weighted by Gasteiger charge is 2.18. The van der Waals surface area contributed by atoms with Crippen molar-refractivity contribution < 1.29 is 14.7 Å². The largest absolute Gasteiger partial charge is 0.480 e. The van der Waals surface area contributed by atoms with Crippen LogP contribution >= 0.6 is 0 Å². The van der Waals surface area contributed by atoms with E-state index < -0.39 is 23.9 Å². The zero-order chi connectivity index (χ0) is 14.0. The number of aromatic nitrogens is 1. The highest BCUT2D eigenvalue weighted by molar-refractivity contribution is 5.98. The lowest BCUT2D eigenvalue weighted by Gasteiger charge is -2.14. The predicted octanol–water partition coefficient (Wildman–Crippen LogP) is 0.685. The van der Waals surface area contributed by atoms with E-state index in [4.69, 9.17) is 5.11 Å². The SMILES string of the molecule is CN(CC(=O)O)C(=O)c1c[nH]c2ccccc2c1=O. The number of nitrogens with zero attached hydrogens (tertiary/aromatic N) is 1. The van der Waals surface area contributed by atoms with Crippen molar-refractivity contribution in [2.45, 2.75) is 0 Å². The molecule has 0 radical (unpaired) electrons. The average Bonchev–Trinajstić information content (AvgIpc) is 2.38. The van der Waals surface area contributed by atoms with Crippen molar-refractivity contribution >= 4 is 22.8 Å². The molecule has 0 fully saturated rings. The van der Waals surface area contributed by atoms with Crippen molar-refractivity contribution in [3.63, 3.8) is 0 Å². The van der Waals surface area contributed by atoms with Crippen LogP contribution in [0.3, 0.4) is 0 Å². The lowest BCUT2D eigenvalue weighted by Crippen LogP contribution is -2.34. The molecule has 0 unspecified atom stereocenters. The number of amides is 1. The highest BCUT2D eigenvalue weighted by atomic mass is 16.4. The van der Waals surface area contributed by atoms with Gasteiger partial charge in [0.2, 0.25) is 5.43 Å². The molecule has 0 saturated heterocycles. The Balaban J connectivity index is 2.46. The van der Waals surface area contributed by atoms with Crippen molar-refractivity contribution in [1.82, 2.24) is 9.88 Å². The minimum atomic E-state index is -1.13. The summed E-state index contributed by atoms with van der Waals surface area (Å²) in [5, 5.41) is 9.04. The van der Waals surface area contributed by atoms with Crippen LogP contribution in [-0.2, 0) is 4.79 Å². The van der Waals surface area contributed by atoms with E-state index >= 15 is 0 Å². The van der Waals surface area contributed by atoms with Gasteiger partial charge < -0.3 is 15.0 Å². The van der Waals surface area contributed by atoms with E-state index in [0.29, 0.717) is 10.9 Å². The number of fused-ring (bicyclic) bond motifs is 1. The second-order valence-corrected chi connectivity index (χ2v) is 4.13. The summed E-state index contributed by atoms with van der Waals surface area (Å²) < 4.78 is 0. The molecule has 0 aliphatic carbocycles. The van der Waals surface area contributed by atoms with Crippen LogP contribution in [0.4, 0.5) is 0 Å². The normalized spacial score (nSPS) is 10.4. The van der Waals surface area contributed by atoms with Crippen LogP contribution in [0.15, 0.2) is 35.3 Å². The van der Waals surface area contributed by atoms with E-state index in [2.05, 4.69) is 4.98 Å². The summed E-state index contributed by atoms with van der Waals surface area (Å²) in [4.78, 5) is 38.5. The number of rotatable bonds is 3. The van der Waals surface area contributed by atoms with Gasteiger partial charge in [-0.1, -0.05) is 12.1 Å². The molecule has 0 atom stereocenters. The third-order valence-electron chi connectivity index (χ3n) is 2.74. The first kappa shape index (κ1) is 12.8. The van der Waals surface area contributed by atoms with Crippen LogP contribution in [0.1, 0.15) is 10.4 Å². The van der Waals surface area contributed by atoms with E-state index in [-0.39, 0.29) is 5.56 Å². The van der Waals surface area contributed by atoms with E-state index in [0.717, 1.165) is 4.90 Å². The van der Waals surface area contributed by atoms with Crippen LogP contribution in [0.25, 0.3) is 10.9 Å². The van der Waals surface area contributed by atoms with Crippen LogP contribution < -0.4 is 5.43 Å². The van der Waals surface area contributed by atoms with E-state index in [1.165, 1.54) is 13.2 Å². The maximum absolute atomic E-state index is 12.1. The average molecular weight is 260 g/mol. The summed E-state index contributed by atoms with van der Waals surface area (Å²) >= 11 is 0. The van der Waals surface area contributed by atoms with Crippen molar-refractivity contribution in [3.05, 3.63) is 46.2 Å². The topological polar surface area (TPSA) is 90.5 Å². The molecule has 0 aliphatic heterocycles. The molecule has 1 aromatic carbocycles. The van der Waals surface area contributed by atoms with Crippen LogP contribution in [0.5, 0.6) is 0 Å². The predicted molar refractivity (Wildman–Crippen MR) is 69.2 cm³/mol. The number of nitrogens with one attached hydrogen (secondary N) is 1. The van der Waals surface area contributed by atoms with Crippen molar-refractivity contribution in [1.29, 1.82) is 0 Å². The lowest BCUT2D eigenvalue weighted by molar-refractivity contribution is -0.137. The van der Waals surface area contributed by atoms with Gasteiger partial charge in [-0.05, 0) is 12.1 Å². The maximum Gasteiger partial charge on any atom is 0.323 e. The molecule has 1 amide bonds. The molecule has 2 aromatic rings. The maximum atomic E-state index is 12.1. The van der Waals surface area contributed by atoms with Crippen molar-refractivity contribution in [2.75, 3.05) is 13.6 Å². The van der Waals surface area contributed by atoms with Gasteiger partial charge in [-0.3, -0.25) is 14.4 Å². The van der Waals surface area contributed by atoms with Gasteiger partial charge >= 0.3 is 5.97 Å². The fourth-order valence-electron chi connectivity index (χ4n) is 1.81. The first-order valence-corrected chi connectivity index (χ1v) is 5.58. The first-order valence-electron chi connectivity index (χ1n) is 5.58. The van der Waals surface area contributed by atoms with Gasteiger partial charge in [-0.15, -0.1) is 0 Å². The zero-order valence-corrected chi connectivity index (χ0v) is 10.2. The molecule has 6 nitrogen and oxygen atoms in total. The number of pyridine rings is 1. The molecular weight excluding hydrogens is 248 g/mol. The molecule has 98 valence electrons. The number of hydrogen-bond acceptors (Lipinski definition) is 3. The van der Waals surface area contributed by atoms with Crippen LogP contribution in [-0.4, -0.2) is 40.5 Å². The third-order valence-corrected chi connectivity index (χ3v) is 2.74. The highest BCUT2D eigenvalue weighted by Crippen LogP contribution is 2.08. The Hall–Kier alpha value is -2.63. The van der Waals surface area contributed by atoms with Gasteiger partial charge in [0.05, 0.1) is 0 Å². The summed E-state index contributed by atoms with van der Waals surface area (Å²) in [6.07, 6.45) is 1.31. The number of para-hydroxylation sites is 1. The number of aliphatic carboxylic acids is 1. The van der Waals surface area contributed by atoms with Gasteiger partial charge in [0.15, 0.2) is 0 Å². The fraction of sp³-hybridized carbons (Fsp3) is 0.154. The number of hydrogen-bond donors (Lipinski definition) is 2. The third kappa shape index (κ3) is 2.47. The smallest absolute Gasteiger partial charge is 0.323 e. The quantitative estimate of drug-likeness (QED) is 0.849. The van der Waals surface area contributed by atoms with E-state index in [1.807, 2.05) is 0 Å². The molecule has 1 heterocycles. The molecule has 2 N–H and O–H groups in total. The summed E-state index contributed by atoms with van der Waals surface area (Å²) in [6.45, 7) is -0.453. The van der Waals surface area contributed by atoms with Gasteiger partial charge in [0.1, 0.15) is 12.1 Å². The second-order valence-electron chi connectivity index (χ2n) is 4.13. The molecule has 0 bridgehead atoms. The Kier molecular flexibility index (Phi) is 3.33. The Bertz CT molecular complexity index is 705. The number of carboxylic acid groups (broad SMARTS) is 1. The molecule has 0 saturated carbocycles. The Morgan fingerprint density at radius 2 is 2.00 bits per heavy atom. The Morgan fingerprint density at radius 3 is 2.68 bits per heavy atom. The minimum absolute atomic E-state index is 0.0672. The van der Waals surface area contributed by atoms with Crippen LogP contribution in [0, 0.1) is 0 Å². The van der Waals surface area contributed by atoms with Gasteiger partial charge in [-0.25, -0.2) is 0 Å². The number of carboxylic acids is 1. The number of aromatic amines is 1. The molecule has 0 spiro atoms. The molecular formula is C13H12N2O4. The fourth-order valence-corrected chi connectivity index (χ4v) is 1.81. The Morgan fingerprint density at radius 1 is 1.32 bits per heavy atom. The molecule has 0 aliphatic rings. The number of likely N-dealkylation sites (N-methyl/N-ethyl adjacent to an activating group) is 1. The van der Waals surface area contributed by atoms with E-state index in [9.17, 15) is 14.4 Å². The molecule has 2 rings (SSSR count). The molecule has 19 heavy (non-hydrogen) atoms. The summed E-state index contributed by atoms with van der Waals surface area (Å²) in [7, 11) is 1.34. The van der Waals surface area contributed by atoms with E-state index in [1.54, 1.807) is 24.3 Å². The van der Waals surface area contributed by atoms with Gasteiger partial charge in [0.25, 0.3) is 5.91 Å². The minimum Gasteiger partial charge on any atom is -0.480 e. The molecule has 6 heteroatoms. The lowest BCUT2D eigenvalue weighted by atomic mass is 10.1. The van der Waals surface area contributed by atoms with Crippen molar-refractivity contribution in [2.24, 2.45) is 0 Å². The zero-order valence-electron chi connectivity index (χ0n) is 10.2. The summed E-state index contributed by atoms with van der Waals surface area (Å²) in [6, 6.07) is 6.82. The molecule has 1 aromatic heterocycles. The Labute approximate surface area is 108 Å².